The number of aromatic nitrogens is 2. The molecule has 0 saturated carbocycles. The summed E-state index contributed by atoms with van der Waals surface area (Å²) in [5.41, 5.74) is 1.95. The van der Waals surface area contributed by atoms with Gasteiger partial charge in [-0.25, -0.2) is 4.68 Å². The maximum atomic E-state index is 12.3. The Labute approximate surface area is 139 Å². The molecule has 1 aromatic carbocycles. The first-order valence-electron chi connectivity index (χ1n) is 7.68. The van der Waals surface area contributed by atoms with Crippen LogP contribution in [0.4, 0.5) is 0 Å². The first kappa shape index (κ1) is 15.7. The molecule has 0 aliphatic rings. The van der Waals surface area contributed by atoms with Crippen molar-refractivity contribution in [1.82, 2.24) is 20.4 Å². The van der Waals surface area contributed by atoms with Crippen LogP contribution in [0.1, 0.15) is 21.8 Å². The van der Waals surface area contributed by atoms with Gasteiger partial charge in [0.05, 0.1) is 16.3 Å². The number of para-hydroxylation sites is 1. The lowest BCUT2D eigenvalue weighted by Crippen LogP contribution is -2.25. The minimum Gasteiger partial charge on any atom is -0.351 e. The van der Waals surface area contributed by atoms with Gasteiger partial charge in [-0.2, -0.15) is 5.10 Å². The van der Waals surface area contributed by atoms with Crippen LogP contribution >= 0.6 is 11.3 Å². The number of hydrogen-bond donors (Lipinski definition) is 2. The molecule has 0 atom stereocenters. The number of carbonyl (C=O) groups is 1. The van der Waals surface area contributed by atoms with E-state index in [-0.39, 0.29) is 5.91 Å². The Balaban J connectivity index is 1.86. The van der Waals surface area contributed by atoms with Gasteiger partial charge in [-0.3, -0.25) is 4.79 Å². The summed E-state index contributed by atoms with van der Waals surface area (Å²) in [6, 6.07) is 11.9. The van der Waals surface area contributed by atoms with Crippen molar-refractivity contribution < 1.29 is 4.79 Å². The fourth-order valence-corrected chi connectivity index (χ4v) is 3.56. The van der Waals surface area contributed by atoms with E-state index in [0.29, 0.717) is 6.54 Å². The van der Waals surface area contributed by atoms with Crippen molar-refractivity contribution >= 4 is 27.5 Å². The molecule has 0 saturated heterocycles. The number of amides is 1. The summed E-state index contributed by atoms with van der Waals surface area (Å²) in [4.78, 5) is 14.0. The van der Waals surface area contributed by atoms with Gasteiger partial charge < -0.3 is 10.6 Å². The molecular weight excluding hydrogens is 308 g/mol. The van der Waals surface area contributed by atoms with Crippen LogP contribution in [-0.2, 0) is 0 Å². The van der Waals surface area contributed by atoms with Crippen molar-refractivity contribution in [2.75, 3.05) is 20.1 Å². The second-order valence-electron chi connectivity index (χ2n) is 5.38. The normalized spacial score (nSPS) is 11.0. The molecule has 2 N–H and O–H groups in total. The standard InChI is InChI=1S/C17H20N4OS/c1-12-14-11-15(16(22)19-10-6-9-18-2)23-17(14)21(20-12)13-7-4-3-5-8-13/h3-5,7-8,11,18H,6,9-10H2,1-2H3,(H,19,22). The molecule has 0 aliphatic carbocycles. The van der Waals surface area contributed by atoms with E-state index in [4.69, 9.17) is 0 Å². The molecule has 0 aliphatic heterocycles. The topological polar surface area (TPSA) is 58.9 Å². The van der Waals surface area contributed by atoms with Crippen molar-refractivity contribution in [2.24, 2.45) is 0 Å². The highest BCUT2D eigenvalue weighted by molar-refractivity contribution is 7.20. The Bertz CT molecular complexity index is 807. The summed E-state index contributed by atoms with van der Waals surface area (Å²) in [6.45, 7) is 3.55. The Morgan fingerprint density at radius 1 is 1.26 bits per heavy atom. The van der Waals surface area contributed by atoms with Gasteiger partial charge in [-0.05, 0) is 45.1 Å². The largest absolute Gasteiger partial charge is 0.351 e. The smallest absolute Gasteiger partial charge is 0.261 e. The van der Waals surface area contributed by atoms with E-state index >= 15 is 0 Å². The number of benzene rings is 1. The predicted octanol–water partition coefficient (Wildman–Crippen LogP) is 2.73. The van der Waals surface area contributed by atoms with E-state index in [2.05, 4.69) is 15.7 Å². The molecule has 1 amide bonds. The van der Waals surface area contributed by atoms with Crippen LogP contribution in [0.15, 0.2) is 36.4 Å². The minimum absolute atomic E-state index is 0.0127. The van der Waals surface area contributed by atoms with Gasteiger partial charge in [-0.1, -0.05) is 18.2 Å². The molecule has 2 heterocycles. The number of nitrogens with one attached hydrogen (secondary N) is 2. The quantitative estimate of drug-likeness (QED) is 0.684. The van der Waals surface area contributed by atoms with Gasteiger partial charge in [0.25, 0.3) is 5.91 Å². The SMILES string of the molecule is CNCCCNC(=O)c1cc2c(C)nn(-c3ccccc3)c2s1. The van der Waals surface area contributed by atoms with Gasteiger partial charge in [0, 0.05) is 11.9 Å². The molecule has 120 valence electrons. The van der Waals surface area contributed by atoms with Gasteiger partial charge in [0.2, 0.25) is 0 Å². The van der Waals surface area contributed by atoms with E-state index in [1.54, 1.807) is 0 Å². The number of nitrogens with zero attached hydrogens (tertiary/aromatic N) is 2. The summed E-state index contributed by atoms with van der Waals surface area (Å²) in [5, 5.41) is 11.7. The highest BCUT2D eigenvalue weighted by Crippen LogP contribution is 2.30. The van der Waals surface area contributed by atoms with Crippen LogP contribution in [0, 0.1) is 6.92 Å². The lowest BCUT2D eigenvalue weighted by Gasteiger charge is -2.03. The zero-order chi connectivity index (χ0) is 16.2. The molecule has 0 bridgehead atoms. The van der Waals surface area contributed by atoms with Crippen LogP contribution in [0.25, 0.3) is 15.9 Å². The second kappa shape index (κ2) is 6.93. The van der Waals surface area contributed by atoms with Crippen LogP contribution in [0.2, 0.25) is 0 Å². The molecule has 23 heavy (non-hydrogen) atoms. The molecule has 3 rings (SSSR count). The third-order valence-electron chi connectivity index (χ3n) is 3.66. The van der Waals surface area contributed by atoms with Crippen LogP contribution in [0.5, 0.6) is 0 Å². The van der Waals surface area contributed by atoms with E-state index in [0.717, 1.165) is 39.4 Å². The highest BCUT2D eigenvalue weighted by atomic mass is 32.1. The van der Waals surface area contributed by atoms with E-state index in [9.17, 15) is 4.79 Å². The predicted molar refractivity (Wildman–Crippen MR) is 94.6 cm³/mol. The molecule has 0 unspecified atom stereocenters. The average molecular weight is 328 g/mol. The van der Waals surface area contributed by atoms with Gasteiger partial charge in [0.1, 0.15) is 4.83 Å². The first-order chi connectivity index (χ1) is 11.2. The van der Waals surface area contributed by atoms with Crippen molar-refractivity contribution in [3.63, 3.8) is 0 Å². The summed E-state index contributed by atoms with van der Waals surface area (Å²) in [5.74, 6) is -0.0127. The van der Waals surface area contributed by atoms with Gasteiger partial charge in [-0.15, -0.1) is 11.3 Å². The molecule has 0 fully saturated rings. The Morgan fingerprint density at radius 3 is 2.78 bits per heavy atom. The monoisotopic (exact) mass is 328 g/mol. The first-order valence-corrected chi connectivity index (χ1v) is 8.49. The average Bonchev–Trinajstić information content (AvgIpc) is 3.13. The third kappa shape index (κ3) is 3.28. The Hall–Kier alpha value is -2.18. The second-order valence-corrected chi connectivity index (χ2v) is 6.41. The molecule has 2 aromatic heterocycles. The molecule has 6 heteroatoms. The lowest BCUT2D eigenvalue weighted by molar-refractivity contribution is 0.0957. The molecule has 0 radical (unpaired) electrons. The number of hydrogen-bond acceptors (Lipinski definition) is 4. The summed E-state index contributed by atoms with van der Waals surface area (Å²) in [6.07, 6.45) is 0.921. The zero-order valence-corrected chi connectivity index (χ0v) is 14.1. The van der Waals surface area contributed by atoms with Crippen LogP contribution < -0.4 is 10.6 Å². The number of fused-ring (bicyclic) bond motifs is 1. The van der Waals surface area contributed by atoms with E-state index in [1.807, 2.05) is 55.1 Å². The Morgan fingerprint density at radius 2 is 2.04 bits per heavy atom. The van der Waals surface area contributed by atoms with E-state index in [1.165, 1.54) is 11.3 Å². The van der Waals surface area contributed by atoms with Crippen molar-refractivity contribution in [2.45, 2.75) is 13.3 Å². The van der Waals surface area contributed by atoms with Gasteiger partial charge >= 0.3 is 0 Å². The molecular formula is C17H20N4OS. The fourth-order valence-electron chi connectivity index (χ4n) is 2.46. The van der Waals surface area contributed by atoms with Crippen molar-refractivity contribution in [3.8, 4) is 5.69 Å². The molecule has 3 aromatic rings. The summed E-state index contributed by atoms with van der Waals surface area (Å²) in [7, 11) is 1.91. The van der Waals surface area contributed by atoms with Gasteiger partial charge in [0.15, 0.2) is 0 Å². The number of carbonyl (C=O) groups excluding carboxylic acids is 1. The van der Waals surface area contributed by atoms with Crippen molar-refractivity contribution in [3.05, 3.63) is 47.0 Å². The number of aryl methyl sites for hydroxylation is 1. The summed E-state index contributed by atoms with van der Waals surface area (Å²) >= 11 is 1.48. The number of rotatable bonds is 6. The van der Waals surface area contributed by atoms with Crippen molar-refractivity contribution in [1.29, 1.82) is 0 Å². The highest BCUT2D eigenvalue weighted by Gasteiger charge is 2.16. The lowest BCUT2D eigenvalue weighted by atomic mass is 10.3. The Kier molecular flexibility index (Phi) is 4.73. The van der Waals surface area contributed by atoms with Crippen LogP contribution in [0.3, 0.4) is 0 Å². The zero-order valence-electron chi connectivity index (χ0n) is 13.3. The molecule has 5 nitrogen and oxygen atoms in total. The maximum absolute atomic E-state index is 12.3. The fraction of sp³-hybridized carbons (Fsp3) is 0.294. The minimum atomic E-state index is -0.0127. The number of thiophene rings is 1. The summed E-state index contributed by atoms with van der Waals surface area (Å²) < 4.78 is 1.91. The maximum Gasteiger partial charge on any atom is 0.261 e. The van der Waals surface area contributed by atoms with Crippen LogP contribution in [-0.4, -0.2) is 35.8 Å². The third-order valence-corrected chi connectivity index (χ3v) is 4.77. The molecule has 0 spiro atoms. The van der Waals surface area contributed by atoms with E-state index < -0.39 is 0 Å².